The minimum Gasteiger partial charge on any atom is -0.494 e. The molecule has 0 spiro atoms. The molecule has 1 N–H and O–H groups in total. The molecule has 1 aromatic carbocycles. The highest BCUT2D eigenvalue weighted by atomic mass is 19.1. The average Bonchev–Trinajstić information content (AvgIpc) is 2.45. The fourth-order valence-electron chi connectivity index (χ4n) is 1.84. The smallest absolute Gasteiger partial charge is 0.165 e. The minimum atomic E-state index is -0.395. The Hall–Kier alpha value is -2.17. The van der Waals surface area contributed by atoms with Crippen molar-refractivity contribution in [2.75, 3.05) is 19.0 Å². The predicted octanol–water partition coefficient (Wildman–Crippen LogP) is 3.42. The molecule has 1 heterocycles. The van der Waals surface area contributed by atoms with Crippen LogP contribution in [0.5, 0.6) is 5.75 Å². The standard InChI is InChI=1S/C15H18FN3O/c1-4-7-17-14-8-10(2)18-15(19-14)11-5-6-12(16)13(9-11)20-3/h5-6,8-9H,4,7H2,1-3H3,(H,17,18,19). The van der Waals surface area contributed by atoms with Crippen molar-refractivity contribution in [3.63, 3.8) is 0 Å². The first-order chi connectivity index (χ1) is 9.63. The summed E-state index contributed by atoms with van der Waals surface area (Å²) < 4.78 is 18.4. The number of nitrogens with zero attached hydrogens (tertiary/aromatic N) is 2. The quantitative estimate of drug-likeness (QED) is 0.908. The summed E-state index contributed by atoms with van der Waals surface area (Å²) in [7, 11) is 1.44. The SMILES string of the molecule is CCCNc1cc(C)nc(-c2ccc(F)c(OC)c2)n1. The Balaban J connectivity index is 2.38. The van der Waals surface area contributed by atoms with Gasteiger partial charge in [0.25, 0.3) is 0 Å². The molecule has 0 fully saturated rings. The zero-order valence-electron chi connectivity index (χ0n) is 11.9. The Morgan fingerprint density at radius 1 is 1.25 bits per heavy atom. The van der Waals surface area contributed by atoms with Gasteiger partial charge in [-0.3, -0.25) is 0 Å². The Morgan fingerprint density at radius 3 is 2.75 bits per heavy atom. The third-order valence-electron chi connectivity index (χ3n) is 2.82. The Labute approximate surface area is 118 Å². The lowest BCUT2D eigenvalue weighted by atomic mass is 10.2. The molecule has 0 saturated carbocycles. The summed E-state index contributed by atoms with van der Waals surface area (Å²) in [6, 6.07) is 6.50. The van der Waals surface area contributed by atoms with Gasteiger partial charge in [0.05, 0.1) is 7.11 Å². The van der Waals surface area contributed by atoms with E-state index in [4.69, 9.17) is 4.74 Å². The van der Waals surface area contributed by atoms with Gasteiger partial charge in [0.1, 0.15) is 5.82 Å². The zero-order valence-corrected chi connectivity index (χ0v) is 11.9. The van der Waals surface area contributed by atoms with Gasteiger partial charge < -0.3 is 10.1 Å². The van der Waals surface area contributed by atoms with Crippen molar-refractivity contribution in [1.29, 1.82) is 0 Å². The van der Waals surface area contributed by atoms with Crippen LogP contribution in [-0.4, -0.2) is 23.6 Å². The summed E-state index contributed by atoms with van der Waals surface area (Å²) in [6.45, 7) is 4.85. The van der Waals surface area contributed by atoms with Gasteiger partial charge in [0.15, 0.2) is 17.4 Å². The van der Waals surface area contributed by atoms with Crippen LogP contribution in [0.2, 0.25) is 0 Å². The third-order valence-corrected chi connectivity index (χ3v) is 2.82. The van der Waals surface area contributed by atoms with Crippen molar-refractivity contribution in [2.24, 2.45) is 0 Å². The van der Waals surface area contributed by atoms with Crippen molar-refractivity contribution >= 4 is 5.82 Å². The minimum absolute atomic E-state index is 0.190. The van der Waals surface area contributed by atoms with Gasteiger partial charge in [-0.1, -0.05) is 6.92 Å². The Morgan fingerprint density at radius 2 is 2.05 bits per heavy atom. The fourth-order valence-corrected chi connectivity index (χ4v) is 1.84. The molecular formula is C15H18FN3O. The first kappa shape index (κ1) is 14.2. The van der Waals surface area contributed by atoms with E-state index in [1.807, 2.05) is 13.0 Å². The molecule has 0 atom stereocenters. The van der Waals surface area contributed by atoms with E-state index >= 15 is 0 Å². The van der Waals surface area contributed by atoms with Crippen LogP contribution in [0.4, 0.5) is 10.2 Å². The van der Waals surface area contributed by atoms with E-state index in [2.05, 4.69) is 22.2 Å². The lowest BCUT2D eigenvalue weighted by Gasteiger charge is -2.09. The summed E-state index contributed by atoms with van der Waals surface area (Å²) in [4.78, 5) is 8.83. The molecule has 5 heteroatoms. The second kappa shape index (κ2) is 6.32. The number of rotatable bonds is 5. The molecule has 2 rings (SSSR count). The van der Waals surface area contributed by atoms with Crippen molar-refractivity contribution in [3.05, 3.63) is 35.8 Å². The zero-order chi connectivity index (χ0) is 14.5. The molecule has 0 bridgehead atoms. The molecule has 0 saturated heterocycles. The molecule has 4 nitrogen and oxygen atoms in total. The van der Waals surface area contributed by atoms with Crippen LogP contribution in [0.25, 0.3) is 11.4 Å². The van der Waals surface area contributed by atoms with Crippen molar-refractivity contribution in [1.82, 2.24) is 9.97 Å². The monoisotopic (exact) mass is 275 g/mol. The van der Waals surface area contributed by atoms with Gasteiger partial charge in [-0.15, -0.1) is 0 Å². The molecule has 1 aromatic heterocycles. The van der Waals surface area contributed by atoms with Crippen molar-refractivity contribution in [2.45, 2.75) is 20.3 Å². The maximum absolute atomic E-state index is 13.4. The summed E-state index contributed by atoms with van der Waals surface area (Å²) in [5.74, 6) is 1.13. The average molecular weight is 275 g/mol. The summed E-state index contributed by atoms with van der Waals surface area (Å²) in [5.41, 5.74) is 1.59. The molecule has 106 valence electrons. The predicted molar refractivity (Wildman–Crippen MR) is 77.5 cm³/mol. The summed E-state index contributed by atoms with van der Waals surface area (Å²) in [5, 5.41) is 3.23. The second-order valence-electron chi connectivity index (χ2n) is 4.49. The molecule has 0 aliphatic rings. The van der Waals surface area contributed by atoms with Gasteiger partial charge in [-0.2, -0.15) is 0 Å². The van der Waals surface area contributed by atoms with E-state index in [9.17, 15) is 4.39 Å². The number of aromatic nitrogens is 2. The van der Waals surface area contributed by atoms with Gasteiger partial charge in [-0.05, 0) is 31.5 Å². The van der Waals surface area contributed by atoms with Crippen LogP contribution >= 0.6 is 0 Å². The Kier molecular flexibility index (Phi) is 4.50. The molecule has 0 aliphatic carbocycles. The highest BCUT2D eigenvalue weighted by Crippen LogP contribution is 2.25. The van der Waals surface area contributed by atoms with Crippen molar-refractivity contribution in [3.8, 4) is 17.1 Å². The van der Waals surface area contributed by atoms with Crippen LogP contribution in [0.3, 0.4) is 0 Å². The molecule has 0 aliphatic heterocycles. The number of ether oxygens (including phenoxy) is 1. The van der Waals surface area contributed by atoms with Crippen LogP contribution in [0.1, 0.15) is 19.0 Å². The second-order valence-corrected chi connectivity index (χ2v) is 4.49. The van der Waals surface area contributed by atoms with Gasteiger partial charge in [0, 0.05) is 23.9 Å². The number of benzene rings is 1. The lowest BCUT2D eigenvalue weighted by molar-refractivity contribution is 0.387. The van der Waals surface area contributed by atoms with Gasteiger partial charge in [-0.25, -0.2) is 14.4 Å². The van der Waals surface area contributed by atoms with E-state index in [1.165, 1.54) is 13.2 Å². The largest absolute Gasteiger partial charge is 0.494 e. The number of anilines is 1. The van der Waals surface area contributed by atoms with E-state index in [1.54, 1.807) is 12.1 Å². The number of aryl methyl sites for hydroxylation is 1. The van der Waals surface area contributed by atoms with E-state index in [0.29, 0.717) is 5.82 Å². The van der Waals surface area contributed by atoms with Gasteiger partial charge >= 0.3 is 0 Å². The number of methoxy groups -OCH3 is 1. The molecule has 0 unspecified atom stereocenters. The van der Waals surface area contributed by atoms with E-state index in [-0.39, 0.29) is 5.75 Å². The van der Waals surface area contributed by atoms with Gasteiger partial charge in [0.2, 0.25) is 0 Å². The number of hydrogen-bond donors (Lipinski definition) is 1. The highest BCUT2D eigenvalue weighted by molar-refractivity contribution is 5.60. The summed E-state index contributed by atoms with van der Waals surface area (Å²) in [6.07, 6.45) is 1.02. The van der Waals surface area contributed by atoms with Crippen LogP contribution in [-0.2, 0) is 0 Å². The first-order valence-corrected chi connectivity index (χ1v) is 6.57. The van der Waals surface area contributed by atoms with Crippen LogP contribution in [0.15, 0.2) is 24.3 Å². The normalized spacial score (nSPS) is 10.4. The third kappa shape index (κ3) is 3.23. The van der Waals surface area contributed by atoms with Crippen molar-refractivity contribution < 1.29 is 9.13 Å². The molecular weight excluding hydrogens is 257 g/mol. The molecule has 2 aromatic rings. The van der Waals surface area contributed by atoms with Crippen LogP contribution < -0.4 is 10.1 Å². The number of halogens is 1. The Bertz CT molecular complexity index is 602. The van der Waals surface area contributed by atoms with E-state index < -0.39 is 5.82 Å². The number of hydrogen-bond acceptors (Lipinski definition) is 4. The highest BCUT2D eigenvalue weighted by Gasteiger charge is 2.09. The fraction of sp³-hybridized carbons (Fsp3) is 0.333. The lowest BCUT2D eigenvalue weighted by Crippen LogP contribution is -2.04. The molecule has 20 heavy (non-hydrogen) atoms. The maximum atomic E-state index is 13.4. The van der Waals surface area contributed by atoms with Crippen LogP contribution in [0, 0.1) is 12.7 Å². The maximum Gasteiger partial charge on any atom is 0.165 e. The topological polar surface area (TPSA) is 47.0 Å². The first-order valence-electron chi connectivity index (χ1n) is 6.57. The molecule has 0 amide bonds. The number of nitrogens with one attached hydrogen (secondary N) is 1. The summed E-state index contributed by atoms with van der Waals surface area (Å²) >= 11 is 0. The van der Waals surface area contributed by atoms with E-state index in [0.717, 1.165) is 30.0 Å². The molecule has 0 radical (unpaired) electrons.